The van der Waals surface area contributed by atoms with Crippen LogP contribution in [0.1, 0.15) is 60.9 Å². The van der Waals surface area contributed by atoms with Crippen molar-refractivity contribution < 1.29 is 13.2 Å². The van der Waals surface area contributed by atoms with Crippen LogP contribution in [0.4, 0.5) is 0 Å². The first-order valence-corrected chi connectivity index (χ1v) is 11.5. The van der Waals surface area contributed by atoms with Gasteiger partial charge in [-0.15, -0.1) is 0 Å². The van der Waals surface area contributed by atoms with Crippen LogP contribution in [0.3, 0.4) is 0 Å². The van der Waals surface area contributed by atoms with Gasteiger partial charge in [-0.2, -0.15) is 0 Å². The number of nitrogens with one attached hydrogen (secondary N) is 1. The van der Waals surface area contributed by atoms with Crippen molar-refractivity contribution in [2.24, 2.45) is 11.8 Å². The monoisotopic (exact) mass is 376 g/mol. The second kappa shape index (κ2) is 7.31. The highest BCUT2D eigenvalue weighted by atomic mass is 32.2. The Labute approximate surface area is 156 Å². The number of hydrogen-bond donors (Lipinski definition) is 1. The molecule has 1 aliphatic heterocycles. The van der Waals surface area contributed by atoms with Gasteiger partial charge in [-0.05, 0) is 61.6 Å². The molecular formula is C20H28N2O3S. The van der Waals surface area contributed by atoms with Gasteiger partial charge in [0.1, 0.15) is 0 Å². The highest BCUT2D eigenvalue weighted by molar-refractivity contribution is 7.88. The maximum Gasteiger partial charge on any atom is 0.251 e. The molecule has 3 atom stereocenters. The molecule has 3 fully saturated rings. The van der Waals surface area contributed by atoms with E-state index >= 15 is 0 Å². The lowest BCUT2D eigenvalue weighted by Gasteiger charge is -2.26. The number of piperidine rings is 1. The zero-order valence-corrected chi connectivity index (χ0v) is 16.0. The van der Waals surface area contributed by atoms with Crippen molar-refractivity contribution in [2.45, 2.75) is 56.7 Å². The molecule has 6 heteroatoms. The van der Waals surface area contributed by atoms with Crippen LogP contribution in [0, 0.1) is 11.8 Å². The molecule has 2 bridgehead atoms. The Kier molecular flexibility index (Phi) is 5.06. The average Bonchev–Trinajstić information content (AvgIpc) is 3.26. The molecule has 1 aromatic rings. The summed E-state index contributed by atoms with van der Waals surface area (Å²) in [5.41, 5.74) is 1.36. The standard InChI is InChI=1S/C20H28N2O3S/c23-20(21-19-13-16-6-9-18(19)12-16)17-7-4-15(5-8-17)14-26(24,25)22-10-2-1-3-11-22/h4-5,7-8,16,18-19H,1-3,6,9-14H2,(H,21,23)/t16-,18-,19-/m1/s1. The first-order valence-electron chi connectivity index (χ1n) is 9.89. The van der Waals surface area contributed by atoms with Gasteiger partial charge in [-0.3, -0.25) is 4.79 Å². The maximum absolute atomic E-state index is 12.5. The lowest BCUT2D eigenvalue weighted by atomic mass is 9.95. The van der Waals surface area contributed by atoms with Gasteiger partial charge >= 0.3 is 0 Å². The first kappa shape index (κ1) is 18.0. The van der Waals surface area contributed by atoms with E-state index in [1.165, 1.54) is 19.3 Å². The second-order valence-corrected chi connectivity index (χ2v) is 10.1. The zero-order valence-electron chi connectivity index (χ0n) is 15.2. The third-order valence-corrected chi connectivity index (χ3v) is 8.18. The van der Waals surface area contributed by atoms with Crippen LogP contribution in [-0.4, -0.2) is 37.8 Å². The lowest BCUT2D eigenvalue weighted by molar-refractivity contribution is 0.0923. The molecule has 26 heavy (non-hydrogen) atoms. The third kappa shape index (κ3) is 3.81. The average molecular weight is 377 g/mol. The number of nitrogens with zero attached hydrogens (tertiary/aromatic N) is 1. The van der Waals surface area contributed by atoms with Gasteiger partial charge in [0.15, 0.2) is 0 Å². The van der Waals surface area contributed by atoms with Gasteiger partial charge in [0, 0.05) is 24.7 Å². The third-order valence-electron chi connectivity index (χ3n) is 6.33. The normalized spacial score (nSPS) is 29.0. The van der Waals surface area contributed by atoms with E-state index in [1.807, 2.05) is 0 Å². The predicted octanol–water partition coefficient (Wildman–Crippen LogP) is 2.92. The SMILES string of the molecule is O=C(N[C@@H]1C[C@@H]2CC[C@@H]1C2)c1ccc(CS(=O)(=O)N2CCCCC2)cc1. The Balaban J connectivity index is 1.36. The molecule has 2 aliphatic carbocycles. The summed E-state index contributed by atoms with van der Waals surface area (Å²) >= 11 is 0. The first-order chi connectivity index (χ1) is 12.5. The highest BCUT2D eigenvalue weighted by Gasteiger charge is 2.40. The number of rotatable bonds is 5. The van der Waals surface area contributed by atoms with Crippen LogP contribution in [0.5, 0.6) is 0 Å². The predicted molar refractivity (Wildman–Crippen MR) is 101 cm³/mol. The number of carbonyl (C=O) groups is 1. The van der Waals surface area contributed by atoms with Crippen molar-refractivity contribution in [1.82, 2.24) is 9.62 Å². The Morgan fingerprint density at radius 3 is 2.38 bits per heavy atom. The smallest absolute Gasteiger partial charge is 0.251 e. The highest BCUT2D eigenvalue weighted by Crippen LogP contribution is 2.44. The number of amides is 1. The summed E-state index contributed by atoms with van der Waals surface area (Å²) in [6.45, 7) is 1.26. The van der Waals surface area contributed by atoms with Crippen LogP contribution >= 0.6 is 0 Å². The Hall–Kier alpha value is -1.40. The molecule has 5 nitrogen and oxygen atoms in total. The van der Waals surface area contributed by atoms with Crippen LogP contribution in [0.15, 0.2) is 24.3 Å². The van der Waals surface area contributed by atoms with Gasteiger partial charge in [0.2, 0.25) is 10.0 Å². The number of carbonyl (C=O) groups excluding carboxylic acids is 1. The summed E-state index contributed by atoms with van der Waals surface area (Å²) in [4.78, 5) is 12.5. The van der Waals surface area contributed by atoms with E-state index in [2.05, 4.69) is 5.32 Å². The molecule has 1 amide bonds. The van der Waals surface area contributed by atoms with Gasteiger partial charge in [0.25, 0.3) is 5.91 Å². The summed E-state index contributed by atoms with van der Waals surface area (Å²) < 4.78 is 26.7. The van der Waals surface area contributed by atoms with E-state index in [0.717, 1.165) is 37.2 Å². The molecule has 1 heterocycles. The fraction of sp³-hybridized carbons (Fsp3) is 0.650. The van der Waals surface area contributed by atoms with Crippen molar-refractivity contribution in [3.05, 3.63) is 35.4 Å². The largest absolute Gasteiger partial charge is 0.349 e. The van der Waals surface area contributed by atoms with Gasteiger partial charge in [-0.25, -0.2) is 12.7 Å². The van der Waals surface area contributed by atoms with Gasteiger partial charge < -0.3 is 5.32 Å². The molecule has 0 spiro atoms. The van der Waals surface area contributed by atoms with Crippen LogP contribution < -0.4 is 5.32 Å². The van der Waals surface area contributed by atoms with E-state index < -0.39 is 10.0 Å². The molecule has 2 saturated carbocycles. The number of hydrogen-bond acceptors (Lipinski definition) is 3. The van der Waals surface area contributed by atoms with Crippen LogP contribution in [0.25, 0.3) is 0 Å². The summed E-state index contributed by atoms with van der Waals surface area (Å²) in [5, 5.41) is 3.18. The van der Waals surface area contributed by atoms with Gasteiger partial charge in [-0.1, -0.05) is 25.0 Å². The summed E-state index contributed by atoms with van der Waals surface area (Å²) in [5.74, 6) is 1.43. The molecule has 3 aliphatic rings. The quantitative estimate of drug-likeness (QED) is 0.859. The molecule has 4 rings (SSSR count). The van der Waals surface area contributed by atoms with Crippen LogP contribution in [-0.2, 0) is 15.8 Å². The van der Waals surface area contributed by atoms with E-state index in [9.17, 15) is 13.2 Å². The van der Waals surface area contributed by atoms with Crippen molar-refractivity contribution in [3.8, 4) is 0 Å². The summed E-state index contributed by atoms with van der Waals surface area (Å²) in [6, 6.07) is 7.38. The fourth-order valence-corrected chi connectivity index (χ4v) is 6.48. The molecule has 1 N–H and O–H groups in total. The Morgan fingerprint density at radius 1 is 1.04 bits per heavy atom. The maximum atomic E-state index is 12.5. The topological polar surface area (TPSA) is 66.5 Å². The zero-order chi connectivity index (χ0) is 18.1. The van der Waals surface area contributed by atoms with Crippen molar-refractivity contribution in [1.29, 1.82) is 0 Å². The molecule has 1 aromatic carbocycles. The second-order valence-electron chi connectivity index (χ2n) is 8.17. The molecular weight excluding hydrogens is 348 g/mol. The Bertz CT molecular complexity index is 754. The number of sulfonamides is 1. The summed E-state index contributed by atoms with van der Waals surface area (Å²) in [6.07, 6.45) is 7.93. The van der Waals surface area contributed by atoms with Crippen molar-refractivity contribution >= 4 is 15.9 Å². The van der Waals surface area contributed by atoms with E-state index in [0.29, 0.717) is 30.6 Å². The number of benzene rings is 1. The lowest BCUT2D eigenvalue weighted by Crippen LogP contribution is -2.38. The van der Waals surface area contributed by atoms with Crippen LogP contribution in [0.2, 0.25) is 0 Å². The minimum atomic E-state index is -3.26. The molecule has 0 aromatic heterocycles. The summed E-state index contributed by atoms with van der Waals surface area (Å²) in [7, 11) is -3.26. The van der Waals surface area contributed by atoms with E-state index in [-0.39, 0.29) is 11.7 Å². The Morgan fingerprint density at radius 2 is 1.77 bits per heavy atom. The van der Waals surface area contributed by atoms with Crippen molar-refractivity contribution in [3.63, 3.8) is 0 Å². The molecule has 0 unspecified atom stereocenters. The minimum Gasteiger partial charge on any atom is -0.349 e. The molecule has 142 valence electrons. The minimum absolute atomic E-state index is 0.0152. The van der Waals surface area contributed by atoms with E-state index in [1.54, 1.807) is 28.6 Å². The van der Waals surface area contributed by atoms with E-state index in [4.69, 9.17) is 0 Å². The van der Waals surface area contributed by atoms with Crippen molar-refractivity contribution in [2.75, 3.05) is 13.1 Å². The van der Waals surface area contributed by atoms with Gasteiger partial charge in [0.05, 0.1) is 5.75 Å². The number of fused-ring (bicyclic) bond motifs is 2. The fourth-order valence-electron chi connectivity index (χ4n) is 4.87. The molecule has 1 saturated heterocycles. The molecule has 0 radical (unpaired) electrons.